The fourth-order valence-corrected chi connectivity index (χ4v) is 1.81. The number of amides is 1. The van der Waals surface area contributed by atoms with E-state index in [-0.39, 0.29) is 5.91 Å². The second-order valence-electron chi connectivity index (χ2n) is 6.12. The summed E-state index contributed by atoms with van der Waals surface area (Å²) in [5.74, 6) is 0.499. The van der Waals surface area contributed by atoms with Crippen molar-refractivity contribution in [1.29, 1.82) is 0 Å². The zero-order chi connectivity index (χ0) is 16.2. The lowest BCUT2D eigenvalue weighted by atomic mass is 9.96. The average molecular weight is 318 g/mol. The molecule has 22 heavy (non-hydrogen) atoms. The van der Waals surface area contributed by atoms with Crippen molar-refractivity contribution in [2.75, 3.05) is 10.6 Å². The van der Waals surface area contributed by atoms with Gasteiger partial charge in [-0.25, -0.2) is 4.98 Å². The summed E-state index contributed by atoms with van der Waals surface area (Å²) < 4.78 is 0. The Kier molecular flexibility index (Phi) is 5.03. The van der Waals surface area contributed by atoms with Crippen LogP contribution in [0.15, 0.2) is 42.6 Å². The maximum absolute atomic E-state index is 11.9. The Morgan fingerprint density at radius 2 is 1.82 bits per heavy atom. The number of aromatic nitrogens is 1. The van der Waals surface area contributed by atoms with Crippen LogP contribution in [0, 0.1) is 5.41 Å². The minimum Gasteiger partial charge on any atom is -0.380 e. The highest BCUT2D eigenvalue weighted by atomic mass is 35.5. The van der Waals surface area contributed by atoms with E-state index in [2.05, 4.69) is 15.6 Å². The number of benzene rings is 1. The van der Waals surface area contributed by atoms with Crippen molar-refractivity contribution in [2.24, 2.45) is 5.41 Å². The number of carbonyl (C=O) groups excluding carboxylic acids is 1. The van der Waals surface area contributed by atoms with Gasteiger partial charge in [-0.05, 0) is 29.8 Å². The minimum atomic E-state index is -0.437. The number of hydrogen-bond donors (Lipinski definition) is 2. The first kappa shape index (κ1) is 16.3. The van der Waals surface area contributed by atoms with Gasteiger partial charge < -0.3 is 10.6 Å². The van der Waals surface area contributed by atoms with Gasteiger partial charge in [0, 0.05) is 17.0 Å². The van der Waals surface area contributed by atoms with Gasteiger partial charge in [-0.15, -0.1) is 0 Å². The molecule has 1 aromatic heterocycles. The molecule has 0 aliphatic rings. The van der Waals surface area contributed by atoms with Crippen molar-refractivity contribution in [3.63, 3.8) is 0 Å². The van der Waals surface area contributed by atoms with Crippen molar-refractivity contribution in [1.82, 2.24) is 4.98 Å². The van der Waals surface area contributed by atoms with Crippen molar-refractivity contribution in [3.05, 3.63) is 53.2 Å². The Morgan fingerprint density at radius 1 is 1.14 bits per heavy atom. The van der Waals surface area contributed by atoms with E-state index in [4.69, 9.17) is 11.6 Å². The number of nitrogens with one attached hydrogen (secondary N) is 2. The summed E-state index contributed by atoms with van der Waals surface area (Å²) in [5.41, 5.74) is 1.59. The van der Waals surface area contributed by atoms with Crippen molar-refractivity contribution < 1.29 is 4.79 Å². The molecular formula is C17H20ClN3O. The summed E-state index contributed by atoms with van der Waals surface area (Å²) in [6.07, 6.45) is 1.70. The molecule has 1 heterocycles. The van der Waals surface area contributed by atoms with E-state index in [0.717, 1.165) is 16.3 Å². The smallest absolute Gasteiger partial charge is 0.230 e. The number of anilines is 2. The zero-order valence-electron chi connectivity index (χ0n) is 13.0. The molecule has 1 aromatic carbocycles. The predicted octanol–water partition coefficient (Wildman–Crippen LogP) is 4.33. The first-order chi connectivity index (χ1) is 10.3. The zero-order valence-corrected chi connectivity index (χ0v) is 13.7. The van der Waals surface area contributed by atoms with Crippen LogP contribution in [0.1, 0.15) is 26.3 Å². The van der Waals surface area contributed by atoms with E-state index >= 15 is 0 Å². The van der Waals surface area contributed by atoms with Gasteiger partial charge >= 0.3 is 0 Å². The quantitative estimate of drug-likeness (QED) is 0.882. The Bertz CT molecular complexity index is 630. The molecule has 0 radical (unpaired) electrons. The van der Waals surface area contributed by atoms with Gasteiger partial charge in [-0.3, -0.25) is 4.79 Å². The average Bonchev–Trinajstić information content (AvgIpc) is 2.47. The number of nitrogens with zero attached hydrogens (tertiary/aromatic N) is 1. The lowest BCUT2D eigenvalue weighted by Crippen LogP contribution is -2.27. The van der Waals surface area contributed by atoms with E-state index in [1.54, 1.807) is 12.3 Å². The van der Waals surface area contributed by atoms with Crippen LogP contribution in [0.4, 0.5) is 11.5 Å². The molecule has 0 aliphatic heterocycles. The Hall–Kier alpha value is -2.07. The van der Waals surface area contributed by atoms with Crippen LogP contribution in [0.3, 0.4) is 0 Å². The van der Waals surface area contributed by atoms with Gasteiger partial charge in [0.2, 0.25) is 5.91 Å². The number of rotatable bonds is 4. The molecule has 116 valence electrons. The molecule has 0 fully saturated rings. The van der Waals surface area contributed by atoms with E-state index in [9.17, 15) is 4.79 Å². The molecule has 1 amide bonds. The molecule has 0 spiro atoms. The van der Waals surface area contributed by atoms with E-state index in [0.29, 0.717) is 12.4 Å². The summed E-state index contributed by atoms with van der Waals surface area (Å²) in [5, 5.41) is 6.80. The van der Waals surface area contributed by atoms with Crippen LogP contribution in [0.5, 0.6) is 0 Å². The Labute approximate surface area is 135 Å². The van der Waals surface area contributed by atoms with Gasteiger partial charge in [-0.2, -0.15) is 0 Å². The monoisotopic (exact) mass is 317 g/mol. The molecule has 2 rings (SSSR count). The summed E-state index contributed by atoms with van der Waals surface area (Å²) >= 11 is 5.85. The Balaban J connectivity index is 1.92. The molecule has 2 aromatic rings. The van der Waals surface area contributed by atoms with Gasteiger partial charge in [0.15, 0.2) is 0 Å². The van der Waals surface area contributed by atoms with Gasteiger partial charge in [-0.1, -0.05) is 44.5 Å². The molecule has 5 heteroatoms. The van der Waals surface area contributed by atoms with E-state index in [1.165, 1.54) is 0 Å². The molecule has 0 saturated heterocycles. The molecule has 4 nitrogen and oxygen atoms in total. The van der Waals surface area contributed by atoms with Crippen LogP contribution in [-0.4, -0.2) is 10.9 Å². The number of carbonyl (C=O) groups is 1. The fraction of sp³-hybridized carbons (Fsp3) is 0.294. The van der Waals surface area contributed by atoms with Crippen LogP contribution >= 0.6 is 11.6 Å². The molecule has 2 N–H and O–H groups in total. The highest BCUT2D eigenvalue weighted by Crippen LogP contribution is 2.17. The van der Waals surface area contributed by atoms with Crippen LogP contribution in [0.25, 0.3) is 0 Å². The van der Waals surface area contributed by atoms with Crippen LogP contribution in [0.2, 0.25) is 5.02 Å². The summed E-state index contributed by atoms with van der Waals surface area (Å²) in [6, 6.07) is 11.3. The maximum Gasteiger partial charge on any atom is 0.230 e. The largest absolute Gasteiger partial charge is 0.380 e. The summed E-state index contributed by atoms with van der Waals surface area (Å²) in [6.45, 7) is 6.28. The minimum absolute atomic E-state index is 0.0538. The van der Waals surface area contributed by atoms with Crippen LogP contribution < -0.4 is 10.6 Å². The van der Waals surface area contributed by atoms with Crippen molar-refractivity contribution >= 4 is 29.0 Å². The van der Waals surface area contributed by atoms with E-state index < -0.39 is 5.41 Å². The second kappa shape index (κ2) is 6.79. The highest BCUT2D eigenvalue weighted by molar-refractivity contribution is 6.30. The second-order valence-corrected chi connectivity index (χ2v) is 6.55. The summed E-state index contributed by atoms with van der Waals surface area (Å²) in [4.78, 5) is 16.1. The van der Waals surface area contributed by atoms with E-state index in [1.807, 2.05) is 51.1 Å². The molecule has 0 unspecified atom stereocenters. The van der Waals surface area contributed by atoms with Crippen molar-refractivity contribution in [3.8, 4) is 0 Å². The normalized spacial score (nSPS) is 11.1. The first-order valence-corrected chi connectivity index (χ1v) is 7.48. The predicted molar refractivity (Wildman–Crippen MR) is 91.1 cm³/mol. The first-order valence-electron chi connectivity index (χ1n) is 7.10. The Morgan fingerprint density at radius 3 is 2.36 bits per heavy atom. The third kappa shape index (κ3) is 4.74. The van der Waals surface area contributed by atoms with Gasteiger partial charge in [0.1, 0.15) is 5.82 Å². The fourth-order valence-electron chi connectivity index (χ4n) is 1.68. The summed E-state index contributed by atoms with van der Waals surface area (Å²) in [7, 11) is 0. The molecule has 0 atom stereocenters. The topological polar surface area (TPSA) is 54.0 Å². The SMILES string of the molecule is CC(C)(C)C(=O)Nc1ccc(NCc2ccc(Cl)cc2)cn1. The highest BCUT2D eigenvalue weighted by Gasteiger charge is 2.21. The molecular weight excluding hydrogens is 298 g/mol. The van der Waals surface area contributed by atoms with Gasteiger partial charge in [0.25, 0.3) is 0 Å². The lowest BCUT2D eigenvalue weighted by Gasteiger charge is -2.17. The maximum atomic E-state index is 11.9. The number of pyridine rings is 1. The standard InChI is InChI=1S/C17H20ClN3O/c1-17(2,3)16(22)21-15-9-8-14(11-20-15)19-10-12-4-6-13(18)7-5-12/h4-9,11,19H,10H2,1-3H3,(H,20,21,22). The molecule has 0 bridgehead atoms. The number of halogens is 1. The molecule has 0 saturated carbocycles. The van der Waals surface area contributed by atoms with Crippen LogP contribution in [-0.2, 0) is 11.3 Å². The third-order valence-electron chi connectivity index (χ3n) is 3.10. The lowest BCUT2D eigenvalue weighted by molar-refractivity contribution is -0.123. The van der Waals surface area contributed by atoms with Crippen molar-refractivity contribution in [2.45, 2.75) is 27.3 Å². The van der Waals surface area contributed by atoms with Gasteiger partial charge in [0.05, 0.1) is 11.9 Å². The molecule has 0 aliphatic carbocycles. The number of hydrogen-bond acceptors (Lipinski definition) is 3. The third-order valence-corrected chi connectivity index (χ3v) is 3.35.